The molecule has 3 rings (SSSR count). The van der Waals surface area contributed by atoms with Crippen LogP contribution in [0.2, 0.25) is 0 Å². The van der Waals surface area contributed by atoms with Gasteiger partial charge in [0.15, 0.2) is 0 Å². The monoisotopic (exact) mass is 496 g/mol. The number of benzene rings is 2. The molecule has 30 heavy (non-hydrogen) atoms. The Labute approximate surface area is 183 Å². The summed E-state index contributed by atoms with van der Waals surface area (Å²) in [6, 6.07) is 10.8. The first-order valence-electron chi connectivity index (χ1n) is 8.71. The quantitative estimate of drug-likeness (QED) is 0.214. The smallest absolute Gasteiger partial charge is 0.419 e. The van der Waals surface area contributed by atoms with Crippen LogP contribution in [0.5, 0.6) is 0 Å². The third-order valence-corrected chi connectivity index (χ3v) is 5.93. The van der Waals surface area contributed by atoms with Gasteiger partial charge in [-0.3, -0.25) is 10.1 Å². The standard InChI is InChI=1S/C20H15BrF2N2O4S/c1-2-29-20(26)24(18-15(22)4-3-5-16(18)23)17-10-13(11-21)19(30-17)12-6-8-14(9-7-12)25(27)28/h3-10H,2,11H2,1H3. The van der Waals surface area contributed by atoms with Crippen LogP contribution >= 0.6 is 27.3 Å². The number of hydrogen-bond donors (Lipinski definition) is 0. The van der Waals surface area contributed by atoms with Crippen LogP contribution in [-0.2, 0) is 10.1 Å². The summed E-state index contributed by atoms with van der Waals surface area (Å²) < 4.78 is 33.9. The number of carbonyl (C=O) groups is 1. The van der Waals surface area contributed by atoms with Gasteiger partial charge in [-0.25, -0.2) is 18.5 Å². The number of hydrogen-bond acceptors (Lipinski definition) is 5. The van der Waals surface area contributed by atoms with E-state index in [0.717, 1.165) is 33.9 Å². The molecule has 1 aromatic heterocycles. The van der Waals surface area contributed by atoms with Gasteiger partial charge in [0.05, 0.1) is 11.5 Å². The van der Waals surface area contributed by atoms with Crippen LogP contribution in [0.4, 0.5) is 30.0 Å². The van der Waals surface area contributed by atoms with Crippen molar-refractivity contribution in [2.75, 3.05) is 11.5 Å². The Kier molecular flexibility index (Phi) is 6.78. The number of thiophene rings is 1. The highest BCUT2D eigenvalue weighted by Gasteiger charge is 2.28. The number of alkyl halides is 1. The Bertz CT molecular complexity index is 1070. The molecule has 0 saturated carbocycles. The highest BCUT2D eigenvalue weighted by Crippen LogP contribution is 2.43. The lowest BCUT2D eigenvalue weighted by atomic mass is 10.1. The summed E-state index contributed by atoms with van der Waals surface area (Å²) in [7, 11) is 0. The van der Waals surface area contributed by atoms with Gasteiger partial charge in [0, 0.05) is 22.3 Å². The zero-order valence-electron chi connectivity index (χ0n) is 15.6. The summed E-state index contributed by atoms with van der Waals surface area (Å²) in [6.45, 7) is 1.62. The summed E-state index contributed by atoms with van der Waals surface area (Å²) in [6.07, 6.45) is -0.917. The largest absolute Gasteiger partial charge is 0.449 e. The van der Waals surface area contributed by atoms with Gasteiger partial charge >= 0.3 is 6.09 Å². The lowest BCUT2D eigenvalue weighted by Gasteiger charge is -2.21. The molecule has 0 aliphatic heterocycles. The fraction of sp³-hybridized carbons (Fsp3) is 0.150. The fourth-order valence-electron chi connectivity index (χ4n) is 2.78. The van der Waals surface area contributed by atoms with Crippen LogP contribution in [0.25, 0.3) is 10.4 Å². The maximum absolute atomic E-state index is 14.5. The van der Waals surface area contributed by atoms with Gasteiger partial charge in [0.25, 0.3) is 5.69 Å². The van der Waals surface area contributed by atoms with E-state index in [9.17, 15) is 23.7 Å². The normalized spacial score (nSPS) is 10.7. The van der Waals surface area contributed by atoms with E-state index in [1.165, 1.54) is 18.2 Å². The molecular formula is C20H15BrF2N2O4S. The van der Waals surface area contributed by atoms with E-state index in [4.69, 9.17) is 4.74 Å². The van der Waals surface area contributed by atoms with Crippen LogP contribution in [0, 0.1) is 21.7 Å². The zero-order valence-corrected chi connectivity index (χ0v) is 18.0. The molecule has 0 fully saturated rings. The van der Waals surface area contributed by atoms with Crippen molar-refractivity contribution in [3.8, 4) is 10.4 Å². The third-order valence-electron chi connectivity index (χ3n) is 4.11. The molecule has 0 saturated heterocycles. The van der Waals surface area contributed by atoms with Gasteiger partial charge in [-0.2, -0.15) is 0 Å². The minimum atomic E-state index is -0.917. The van der Waals surface area contributed by atoms with E-state index in [1.807, 2.05) is 0 Å². The molecule has 0 atom stereocenters. The van der Waals surface area contributed by atoms with Crippen molar-refractivity contribution in [2.45, 2.75) is 12.3 Å². The Morgan fingerprint density at radius 3 is 2.37 bits per heavy atom. The molecule has 1 heterocycles. The van der Waals surface area contributed by atoms with E-state index >= 15 is 0 Å². The lowest BCUT2D eigenvalue weighted by molar-refractivity contribution is -0.384. The van der Waals surface area contributed by atoms with Gasteiger partial charge < -0.3 is 4.74 Å². The second-order valence-corrected chi connectivity index (χ2v) is 7.57. The van der Waals surface area contributed by atoms with E-state index in [-0.39, 0.29) is 17.3 Å². The average Bonchev–Trinajstić information content (AvgIpc) is 3.14. The first-order chi connectivity index (χ1) is 14.4. The zero-order chi connectivity index (χ0) is 21.8. The Hall–Kier alpha value is -2.85. The molecule has 0 aliphatic rings. The molecule has 0 radical (unpaired) electrons. The van der Waals surface area contributed by atoms with E-state index < -0.39 is 28.3 Å². The minimum Gasteiger partial charge on any atom is -0.449 e. The number of rotatable bonds is 6. The van der Waals surface area contributed by atoms with Crippen molar-refractivity contribution < 1.29 is 23.2 Å². The predicted octanol–water partition coefficient (Wildman–Crippen LogP) is 6.79. The number of nitrogens with zero attached hydrogens (tertiary/aromatic N) is 2. The van der Waals surface area contributed by atoms with Gasteiger partial charge in [0.2, 0.25) is 0 Å². The van der Waals surface area contributed by atoms with Crippen molar-refractivity contribution in [2.24, 2.45) is 0 Å². The van der Waals surface area contributed by atoms with Gasteiger partial charge in [-0.15, -0.1) is 11.3 Å². The highest BCUT2D eigenvalue weighted by atomic mass is 79.9. The van der Waals surface area contributed by atoms with E-state index in [0.29, 0.717) is 15.8 Å². The van der Waals surface area contributed by atoms with Crippen LogP contribution in [0.1, 0.15) is 12.5 Å². The Morgan fingerprint density at radius 2 is 1.83 bits per heavy atom. The number of para-hydroxylation sites is 1. The van der Waals surface area contributed by atoms with Crippen molar-refractivity contribution in [3.05, 3.63) is 75.8 Å². The maximum Gasteiger partial charge on any atom is 0.419 e. The lowest BCUT2D eigenvalue weighted by Crippen LogP contribution is -2.27. The molecule has 3 aromatic rings. The molecule has 6 nitrogen and oxygen atoms in total. The number of anilines is 2. The number of nitro groups is 1. The molecule has 0 N–H and O–H groups in total. The summed E-state index contributed by atoms with van der Waals surface area (Å²) in [4.78, 5) is 24.6. The summed E-state index contributed by atoms with van der Waals surface area (Å²) in [5, 5.41) is 11.5. The van der Waals surface area contributed by atoms with E-state index in [1.54, 1.807) is 25.1 Å². The Balaban J connectivity index is 2.13. The minimum absolute atomic E-state index is 0.0251. The maximum atomic E-state index is 14.5. The molecule has 1 amide bonds. The number of non-ortho nitro benzene ring substituents is 1. The van der Waals surface area contributed by atoms with Crippen LogP contribution < -0.4 is 4.90 Å². The molecule has 0 bridgehead atoms. The van der Waals surface area contributed by atoms with Crippen molar-refractivity contribution in [3.63, 3.8) is 0 Å². The molecule has 10 heteroatoms. The number of ether oxygens (including phenoxy) is 1. The number of halogens is 3. The second kappa shape index (κ2) is 9.31. The summed E-state index contributed by atoms with van der Waals surface area (Å²) in [5.41, 5.74) is 0.824. The van der Waals surface area contributed by atoms with Crippen molar-refractivity contribution in [1.29, 1.82) is 0 Å². The predicted molar refractivity (Wildman–Crippen MR) is 115 cm³/mol. The first kappa shape index (κ1) is 21.8. The van der Waals surface area contributed by atoms with Gasteiger partial charge in [-0.05, 0) is 48.4 Å². The molecule has 0 unspecified atom stereocenters. The van der Waals surface area contributed by atoms with Gasteiger partial charge in [-0.1, -0.05) is 22.0 Å². The van der Waals surface area contributed by atoms with Crippen LogP contribution in [0.3, 0.4) is 0 Å². The van der Waals surface area contributed by atoms with Gasteiger partial charge in [0.1, 0.15) is 22.3 Å². The first-order valence-corrected chi connectivity index (χ1v) is 10.7. The molecule has 0 aliphatic carbocycles. The fourth-order valence-corrected chi connectivity index (χ4v) is 4.60. The van der Waals surface area contributed by atoms with Crippen molar-refractivity contribution >= 4 is 49.7 Å². The number of amides is 1. The van der Waals surface area contributed by atoms with Crippen LogP contribution in [0.15, 0.2) is 48.5 Å². The average molecular weight is 497 g/mol. The molecule has 2 aromatic carbocycles. The topological polar surface area (TPSA) is 72.7 Å². The molecular weight excluding hydrogens is 482 g/mol. The molecule has 156 valence electrons. The highest BCUT2D eigenvalue weighted by molar-refractivity contribution is 9.08. The van der Waals surface area contributed by atoms with E-state index in [2.05, 4.69) is 15.9 Å². The van der Waals surface area contributed by atoms with Crippen LogP contribution in [-0.4, -0.2) is 17.6 Å². The summed E-state index contributed by atoms with van der Waals surface area (Å²) in [5.74, 6) is -1.82. The Morgan fingerprint density at radius 1 is 1.20 bits per heavy atom. The number of carbonyl (C=O) groups excluding carboxylic acids is 1. The summed E-state index contributed by atoms with van der Waals surface area (Å²) >= 11 is 4.49. The number of nitro benzene ring substituents is 1. The van der Waals surface area contributed by atoms with Crippen molar-refractivity contribution in [1.82, 2.24) is 0 Å². The second-order valence-electron chi connectivity index (χ2n) is 5.98. The third kappa shape index (κ3) is 4.34. The molecule has 0 spiro atoms. The SMILES string of the molecule is CCOC(=O)N(c1cc(CBr)c(-c2ccc([N+](=O)[O-])cc2)s1)c1c(F)cccc1F.